The summed E-state index contributed by atoms with van der Waals surface area (Å²) < 4.78 is 68.8. The van der Waals surface area contributed by atoms with Gasteiger partial charge in [0.2, 0.25) is 0 Å². The van der Waals surface area contributed by atoms with Crippen LogP contribution in [0.4, 0.5) is 0 Å². The molecule has 0 saturated heterocycles. The summed E-state index contributed by atoms with van der Waals surface area (Å²) in [4.78, 5) is 73.2. The van der Waals surface area contributed by atoms with Crippen LogP contribution in [0.1, 0.15) is 419 Å². The van der Waals surface area contributed by atoms with E-state index in [2.05, 4.69) is 36.9 Å². The fourth-order valence-corrected chi connectivity index (χ4v) is 14.3. The third-order valence-corrected chi connectivity index (χ3v) is 21.3. The van der Waals surface area contributed by atoms with E-state index < -0.39 is 97.5 Å². The first-order valence-electron chi connectivity index (χ1n) is 42.1. The van der Waals surface area contributed by atoms with Crippen LogP contribution in [0.2, 0.25) is 0 Å². The number of unbranched alkanes of at least 4 members (excludes halogenated alkanes) is 51. The quantitative estimate of drug-likeness (QED) is 0.0168. The number of rotatable bonds is 81. The molecule has 0 radical (unpaired) electrons. The van der Waals surface area contributed by atoms with Gasteiger partial charge in [-0.2, -0.15) is 10.2 Å². The molecule has 5 atom stereocenters. The fraction of sp³-hybridized carbons (Fsp3) is 0.926. The van der Waals surface area contributed by atoms with Crippen LogP contribution >= 0.6 is 15.6 Å². The fourth-order valence-electron chi connectivity index (χ4n) is 12.8. The maximum absolute atomic E-state index is 13.1. The van der Waals surface area contributed by atoms with E-state index in [-0.39, 0.29) is 31.3 Å². The molecule has 0 amide bonds. The number of nitrogens with zero attached hydrogens (tertiary/aromatic N) is 2. The van der Waals surface area contributed by atoms with Crippen LogP contribution in [0.5, 0.6) is 0 Å². The normalized spacial score (nSPS) is 14.6. The van der Waals surface area contributed by atoms with Gasteiger partial charge in [-0.3, -0.25) is 37.3 Å². The molecule has 0 aromatic rings. The highest BCUT2D eigenvalue weighted by Crippen LogP contribution is 2.46. The van der Waals surface area contributed by atoms with E-state index in [0.29, 0.717) is 25.7 Å². The summed E-state index contributed by atoms with van der Waals surface area (Å²) in [5.74, 6) is 0.556. The molecule has 598 valence electrons. The number of carbonyl (C=O) groups is 4. The maximum Gasteiger partial charge on any atom is 0.472 e. The molecule has 1 heterocycles. The topological polar surface area (TPSA) is 262 Å². The molecule has 19 nitrogen and oxygen atoms in total. The van der Waals surface area contributed by atoms with E-state index in [1.807, 2.05) is 0 Å². The molecule has 0 bridgehead atoms. The Bertz CT molecular complexity index is 2140. The van der Waals surface area contributed by atoms with E-state index >= 15 is 0 Å². The lowest BCUT2D eigenvalue weighted by Crippen LogP contribution is -2.30. The van der Waals surface area contributed by atoms with Crippen molar-refractivity contribution in [1.82, 2.24) is 0 Å². The number of esters is 4. The van der Waals surface area contributed by atoms with Crippen molar-refractivity contribution in [2.45, 2.75) is 443 Å². The highest BCUT2D eigenvalue weighted by molar-refractivity contribution is 7.47. The minimum absolute atomic E-state index is 0.0852. The van der Waals surface area contributed by atoms with Gasteiger partial charge in [-0.05, 0) is 57.8 Å². The Morgan fingerprint density at radius 2 is 0.559 bits per heavy atom. The van der Waals surface area contributed by atoms with Gasteiger partial charge in [-0.25, -0.2) is 9.13 Å². The number of terminal acetylenes is 1. The van der Waals surface area contributed by atoms with Crippen molar-refractivity contribution in [2.24, 2.45) is 10.2 Å². The van der Waals surface area contributed by atoms with E-state index in [1.54, 1.807) is 0 Å². The molecule has 1 rings (SSSR count). The smallest absolute Gasteiger partial charge is 0.462 e. The standard InChI is InChI=1S/C81H152N2O17P2/c1-5-9-13-17-20-23-26-29-32-35-38-41-46-51-56-62-77(85)93-70-75(99-79(87)64-58-53-48-43-40-37-34-31-28-25-22-19-15-11-7-3)72-97-101(89,90)95-68-74(84)69-96-102(91,92)98-73-76(71-94-78(86)63-57-52-47-42-39-36-33-30-27-24-21-18-14-10-6-2)100-80(88)65-59-54-49-44-45-50-55-61-67-81(82-83-81)66-60-16-12-8-4/h2,74-76,84H,5,7-73H2,1,3-4H3,(H,89,90)(H,91,92)/t74?,75-,76-/m1/s1. The number of hydrogen-bond acceptors (Lipinski definition) is 17. The Morgan fingerprint density at radius 3 is 0.824 bits per heavy atom. The summed E-state index contributed by atoms with van der Waals surface area (Å²) in [5, 5.41) is 19.4. The molecule has 21 heteroatoms. The predicted molar refractivity (Wildman–Crippen MR) is 411 cm³/mol. The lowest BCUT2D eigenvalue weighted by Gasteiger charge is -2.21. The third kappa shape index (κ3) is 66.6. The first-order chi connectivity index (χ1) is 49.6. The Morgan fingerprint density at radius 1 is 0.333 bits per heavy atom. The van der Waals surface area contributed by atoms with E-state index in [9.17, 15) is 43.2 Å². The van der Waals surface area contributed by atoms with Gasteiger partial charge in [-0.1, -0.05) is 329 Å². The van der Waals surface area contributed by atoms with Gasteiger partial charge in [0.25, 0.3) is 0 Å². The predicted octanol–water partition coefficient (Wildman–Crippen LogP) is 23.6. The van der Waals surface area contributed by atoms with Crippen LogP contribution in [0.3, 0.4) is 0 Å². The summed E-state index contributed by atoms with van der Waals surface area (Å²) in [6, 6.07) is 0. The number of ether oxygens (including phenoxy) is 4. The molecule has 0 saturated carbocycles. The van der Waals surface area contributed by atoms with Crippen LogP contribution in [0.25, 0.3) is 0 Å². The minimum atomic E-state index is -4.98. The lowest BCUT2D eigenvalue weighted by atomic mass is 9.97. The zero-order valence-electron chi connectivity index (χ0n) is 65.2. The van der Waals surface area contributed by atoms with Gasteiger partial charge in [0.05, 0.1) is 26.4 Å². The number of aliphatic hydroxyl groups is 1. The highest BCUT2D eigenvalue weighted by atomic mass is 31.2. The zero-order chi connectivity index (χ0) is 74.4. The highest BCUT2D eigenvalue weighted by Gasteiger charge is 2.38. The SMILES string of the molecule is C#CCCCCCCCCCCCCCCCC(=O)OC[C@H](COP(=O)(O)OCC(O)COP(=O)(O)OC[C@@H](COC(=O)CCCCCCCCCCCCCCCCC)OC(=O)CCCCCCCCCCCCCCCCC)OC(=O)CCCCCCCCCCC1(CCCCCC)N=N1. The average molecular weight is 1490 g/mol. The molecule has 0 spiro atoms. The molecule has 3 unspecified atom stereocenters. The van der Waals surface area contributed by atoms with Crippen LogP contribution in [0, 0.1) is 12.3 Å². The molecule has 0 aromatic carbocycles. The number of phosphoric acid groups is 2. The number of phosphoric ester groups is 2. The summed E-state index contributed by atoms with van der Waals surface area (Å²) in [5.41, 5.74) is -0.106. The molecule has 0 fully saturated rings. The van der Waals surface area contributed by atoms with E-state index in [1.165, 1.54) is 205 Å². The van der Waals surface area contributed by atoms with Crippen LogP contribution < -0.4 is 0 Å². The van der Waals surface area contributed by atoms with Crippen LogP contribution in [-0.2, 0) is 65.4 Å². The zero-order valence-corrected chi connectivity index (χ0v) is 67.0. The van der Waals surface area contributed by atoms with Crippen molar-refractivity contribution in [1.29, 1.82) is 0 Å². The van der Waals surface area contributed by atoms with Gasteiger partial charge in [-0.15, -0.1) is 12.3 Å². The molecule has 0 aliphatic carbocycles. The van der Waals surface area contributed by atoms with Crippen molar-refractivity contribution < 1.29 is 80.2 Å². The van der Waals surface area contributed by atoms with Gasteiger partial charge < -0.3 is 33.8 Å². The van der Waals surface area contributed by atoms with Crippen LogP contribution in [-0.4, -0.2) is 102 Å². The maximum atomic E-state index is 13.1. The summed E-state index contributed by atoms with van der Waals surface area (Å²) in [6.07, 6.45) is 67.5. The molecular formula is C81H152N2O17P2. The molecule has 3 N–H and O–H groups in total. The Hall–Kier alpha value is -2.78. The lowest BCUT2D eigenvalue weighted by molar-refractivity contribution is -0.161. The second-order valence-corrected chi connectivity index (χ2v) is 32.3. The number of aliphatic hydroxyl groups excluding tert-OH is 1. The Kier molecular flexibility index (Phi) is 66.7. The number of carbonyl (C=O) groups excluding carboxylic acids is 4. The van der Waals surface area contributed by atoms with Gasteiger partial charge in [0.15, 0.2) is 17.9 Å². The van der Waals surface area contributed by atoms with Crippen LogP contribution in [0.15, 0.2) is 10.2 Å². The van der Waals surface area contributed by atoms with Crippen molar-refractivity contribution >= 4 is 39.5 Å². The number of hydrogen-bond donors (Lipinski definition) is 3. The Labute approximate surface area is 621 Å². The van der Waals surface area contributed by atoms with Gasteiger partial charge >= 0.3 is 39.5 Å². The largest absolute Gasteiger partial charge is 0.472 e. The Balaban J connectivity index is 2.71. The first kappa shape index (κ1) is 97.2. The summed E-state index contributed by atoms with van der Waals surface area (Å²) in [6.45, 7) is 2.70. The van der Waals surface area contributed by atoms with Crippen molar-refractivity contribution in [3.8, 4) is 12.3 Å². The van der Waals surface area contributed by atoms with Gasteiger partial charge in [0, 0.05) is 32.1 Å². The minimum Gasteiger partial charge on any atom is -0.462 e. The molecular weight excluding hydrogens is 1330 g/mol. The second-order valence-electron chi connectivity index (χ2n) is 29.4. The van der Waals surface area contributed by atoms with E-state index in [4.69, 9.17) is 43.5 Å². The monoisotopic (exact) mass is 1490 g/mol. The third-order valence-electron chi connectivity index (χ3n) is 19.4. The van der Waals surface area contributed by atoms with Crippen molar-refractivity contribution in [3.05, 3.63) is 0 Å². The first-order valence-corrected chi connectivity index (χ1v) is 45.1. The summed E-state index contributed by atoms with van der Waals surface area (Å²) in [7, 11) is -9.95. The van der Waals surface area contributed by atoms with E-state index in [0.717, 1.165) is 141 Å². The molecule has 102 heavy (non-hydrogen) atoms. The molecule has 0 aromatic heterocycles. The molecule has 1 aliphatic rings. The average Bonchev–Trinajstić information content (AvgIpc) is 1.67. The van der Waals surface area contributed by atoms with Crippen molar-refractivity contribution in [2.75, 3.05) is 39.6 Å². The molecule has 1 aliphatic heterocycles. The second kappa shape index (κ2) is 69.9. The van der Waals surface area contributed by atoms with Gasteiger partial charge in [0.1, 0.15) is 19.3 Å². The van der Waals surface area contributed by atoms with Crippen molar-refractivity contribution in [3.63, 3.8) is 0 Å². The summed E-state index contributed by atoms with van der Waals surface area (Å²) >= 11 is 0.